The quantitative estimate of drug-likeness (QED) is 0.764. The van der Waals surface area contributed by atoms with E-state index in [9.17, 15) is 14.4 Å². The zero-order valence-corrected chi connectivity index (χ0v) is 8.54. The Morgan fingerprint density at radius 2 is 2.27 bits per heavy atom. The topological polar surface area (TPSA) is 71.9 Å². The molecule has 0 saturated carbocycles. The minimum absolute atomic E-state index is 0.261. The molecule has 0 unspecified atom stereocenters. The number of aldehydes is 1. The van der Waals surface area contributed by atoms with E-state index in [-0.39, 0.29) is 12.0 Å². The fraction of sp³-hybridized carbons (Fsp3) is 0.222. The average molecular weight is 224 g/mol. The minimum atomic E-state index is -0.465. The number of H-pyrrole nitrogens is 1. The molecule has 0 bridgehead atoms. The number of nitrogens with zero attached hydrogens (tertiary/aromatic N) is 1. The fourth-order valence-electron chi connectivity index (χ4n) is 1.42. The van der Waals surface area contributed by atoms with Crippen LogP contribution >= 0.6 is 11.3 Å². The van der Waals surface area contributed by atoms with Crippen LogP contribution in [-0.4, -0.2) is 15.8 Å². The van der Waals surface area contributed by atoms with Gasteiger partial charge in [-0.25, -0.2) is 4.79 Å². The highest BCUT2D eigenvalue weighted by Gasteiger charge is 2.07. The minimum Gasteiger partial charge on any atom is -0.303 e. The molecule has 0 radical (unpaired) electrons. The molecule has 2 heterocycles. The lowest BCUT2D eigenvalue weighted by atomic mass is 10.4. The molecule has 2 aromatic rings. The Morgan fingerprint density at radius 1 is 1.47 bits per heavy atom. The van der Waals surface area contributed by atoms with Gasteiger partial charge in [0.25, 0.3) is 5.56 Å². The Kier molecular flexibility index (Phi) is 2.51. The first-order chi connectivity index (χ1) is 7.24. The molecule has 0 spiro atoms. The smallest absolute Gasteiger partial charge is 0.303 e. The maximum atomic E-state index is 11.5. The van der Waals surface area contributed by atoms with E-state index >= 15 is 0 Å². The molecule has 0 fully saturated rings. The van der Waals surface area contributed by atoms with Crippen LogP contribution in [0.3, 0.4) is 0 Å². The largest absolute Gasteiger partial charge is 0.328 e. The lowest BCUT2D eigenvalue weighted by Gasteiger charge is -2.03. The summed E-state index contributed by atoms with van der Waals surface area (Å²) < 4.78 is 1.92. The summed E-state index contributed by atoms with van der Waals surface area (Å²) in [6, 6.07) is 1.71. The Balaban J connectivity index is 2.71. The molecule has 5 nitrogen and oxygen atoms in total. The van der Waals surface area contributed by atoms with Crippen LogP contribution < -0.4 is 11.2 Å². The molecule has 0 atom stereocenters. The van der Waals surface area contributed by atoms with Crippen molar-refractivity contribution < 1.29 is 4.79 Å². The van der Waals surface area contributed by atoms with Gasteiger partial charge in [0.2, 0.25) is 0 Å². The van der Waals surface area contributed by atoms with Gasteiger partial charge in [0.1, 0.15) is 11.0 Å². The number of thiophene rings is 1. The third-order valence-corrected chi connectivity index (χ3v) is 2.98. The normalized spacial score (nSPS) is 10.7. The molecule has 0 aliphatic heterocycles. The van der Waals surface area contributed by atoms with Gasteiger partial charge in [-0.2, -0.15) is 0 Å². The summed E-state index contributed by atoms with van der Waals surface area (Å²) in [6.45, 7) is 0.298. The van der Waals surface area contributed by atoms with Gasteiger partial charge in [-0.05, 0) is 11.4 Å². The Hall–Kier alpha value is -1.69. The molecule has 78 valence electrons. The van der Waals surface area contributed by atoms with Crippen molar-refractivity contribution in [2.24, 2.45) is 0 Å². The van der Waals surface area contributed by atoms with Crippen LogP contribution in [0.2, 0.25) is 0 Å². The van der Waals surface area contributed by atoms with Gasteiger partial charge >= 0.3 is 5.69 Å². The summed E-state index contributed by atoms with van der Waals surface area (Å²) in [7, 11) is 0. The van der Waals surface area contributed by atoms with Gasteiger partial charge in [0.15, 0.2) is 0 Å². The van der Waals surface area contributed by atoms with E-state index in [1.165, 1.54) is 15.9 Å². The van der Waals surface area contributed by atoms with Crippen LogP contribution in [0.25, 0.3) is 10.2 Å². The second-order valence-electron chi connectivity index (χ2n) is 3.00. The van der Waals surface area contributed by atoms with E-state index in [2.05, 4.69) is 4.98 Å². The summed E-state index contributed by atoms with van der Waals surface area (Å²) >= 11 is 1.28. The van der Waals surface area contributed by atoms with E-state index in [0.29, 0.717) is 16.8 Å². The standard InChI is InChI=1S/C9H8N2O3S/c12-4-1-3-11-6-2-5-15-7(6)8(13)10-9(11)14/h2,4-5H,1,3H2,(H,10,13,14). The van der Waals surface area contributed by atoms with Crippen molar-refractivity contribution >= 4 is 27.8 Å². The highest BCUT2D eigenvalue weighted by Crippen LogP contribution is 2.14. The third kappa shape index (κ3) is 1.63. The maximum absolute atomic E-state index is 11.5. The van der Waals surface area contributed by atoms with Crippen LogP contribution in [-0.2, 0) is 11.3 Å². The number of hydrogen-bond donors (Lipinski definition) is 1. The number of carbonyl (C=O) groups is 1. The van der Waals surface area contributed by atoms with Crippen LogP contribution in [0.4, 0.5) is 0 Å². The maximum Gasteiger partial charge on any atom is 0.328 e. The number of nitrogens with one attached hydrogen (secondary N) is 1. The number of fused-ring (bicyclic) bond motifs is 1. The number of carbonyl (C=O) groups excluding carboxylic acids is 1. The second-order valence-corrected chi connectivity index (χ2v) is 3.92. The fourth-order valence-corrected chi connectivity index (χ4v) is 2.21. The predicted octanol–water partition coefficient (Wildman–Crippen LogP) is 0.340. The lowest BCUT2D eigenvalue weighted by Crippen LogP contribution is -2.29. The Morgan fingerprint density at radius 3 is 3.00 bits per heavy atom. The third-order valence-electron chi connectivity index (χ3n) is 2.08. The SMILES string of the molecule is O=CCCn1c(=O)[nH]c(=O)c2sccc21. The molecular weight excluding hydrogens is 216 g/mol. The van der Waals surface area contributed by atoms with Crippen LogP contribution in [0.15, 0.2) is 21.0 Å². The number of aryl methyl sites for hydroxylation is 1. The summed E-state index contributed by atoms with van der Waals surface area (Å²) in [5.41, 5.74) is -0.240. The Bertz CT molecular complexity index is 608. The molecule has 0 amide bonds. The first-order valence-corrected chi connectivity index (χ1v) is 5.26. The molecule has 0 aromatic carbocycles. The van der Waals surface area contributed by atoms with E-state index in [4.69, 9.17) is 0 Å². The van der Waals surface area contributed by atoms with Crippen molar-refractivity contribution in [3.8, 4) is 0 Å². The van der Waals surface area contributed by atoms with Gasteiger partial charge in [0, 0.05) is 13.0 Å². The van der Waals surface area contributed by atoms with Crippen LogP contribution in [0, 0.1) is 0 Å². The molecule has 2 rings (SSSR count). The van der Waals surface area contributed by atoms with Crippen molar-refractivity contribution in [2.45, 2.75) is 13.0 Å². The summed E-state index contributed by atoms with van der Waals surface area (Å²) in [5, 5.41) is 1.75. The first-order valence-electron chi connectivity index (χ1n) is 4.38. The Labute approximate surface area is 88.0 Å². The second kappa shape index (κ2) is 3.82. The highest BCUT2D eigenvalue weighted by atomic mass is 32.1. The van der Waals surface area contributed by atoms with Gasteiger partial charge in [-0.15, -0.1) is 11.3 Å². The molecule has 6 heteroatoms. The number of aromatic amines is 1. The predicted molar refractivity (Wildman–Crippen MR) is 57.4 cm³/mol. The first kappa shape index (κ1) is 9.85. The van der Waals surface area contributed by atoms with Gasteiger partial charge in [0.05, 0.1) is 5.52 Å². The molecule has 1 N–H and O–H groups in total. The molecule has 15 heavy (non-hydrogen) atoms. The van der Waals surface area contributed by atoms with Crippen molar-refractivity contribution in [1.29, 1.82) is 0 Å². The molecular formula is C9H8N2O3S. The van der Waals surface area contributed by atoms with E-state index in [1.807, 2.05) is 0 Å². The molecule has 2 aromatic heterocycles. The van der Waals surface area contributed by atoms with Gasteiger partial charge in [-0.1, -0.05) is 0 Å². The van der Waals surface area contributed by atoms with Crippen LogP contribution in [0.1, 0.15) is 6.42 Å². The van der Waals surface area contributed by atoms with Gasteiger partial charge in [-0.3, -0.25) is 14.3 Å². The van der Waals surface area contributed by atoms with Gasteiger partial charge < -0.3 is 4.79 Å². The van der Waals surface area contributed by atoms with Crippen molar-refractivity contribution in [2.75, 3.05) is 0 Å². The summed E-state index contributed by atoms with van der Waals surface area (Å²) in [6.07, 6.45) is 1.01. The molecule has 0 saturated heterocycles. The van der Waals surface area contributed by atoms with Crippen molar-refractivity contribution in [3.63, 3.8) is 0 Å². The zero-order chi connectivity index (χ0) is 10.8. The molecule has 0 aliphatic carbocycles. The number of hydrogen-bond acceptors (Lipinski definition) is 4. The average Bonchev–Trinajstić information content (AvgIpc) is 2.66. The monoisotopic (exact) mass is 224 g/mol. The number of aromatic nitrogens is 2. The highest BCUT2D eigenvalue weighted by molar-refractivity contribution is 7.17. The van der Waals surface area contributed by atoms with Crippen LogP contribution in [0.5, 0.6) is 0 Å². The zero-order valence-electron chi connectivity index (χ0n) is 7.73. The van der Waals surface area contributed by atoms with Crippen molar-refractivity contribution in [1.82, 2.24) is 9.55 Å². The number of rotatable bonds is 3. The van der Waals surface area contributed by atoms with Crippen molar-refractivity contribution in [3.05, 3.63) is 32.3 Å². The van der Waals surface area contributed by atoms with E-state index in [0.717, 1.165) is 6.29 Å². The van der Waals surface area contributed by atoms with E-state index in [1.54, 1.807) is 11.4 Å². The summed E-state index contributed by atoms with van der Waals surface area (Å²) in [5.74, 6) is 0. The summed E-state index contributed by atoms with van der Waals surface area (Å²) in [4.78, 5) is 35.3. The van der Waals surface area contributed by atoms with E-state index < -0.39 is 5.69 Å². The lowest BCUT2D eigenvalue weighted by molar-refractivity contribution is -0.108. The molecule has 0 aliphatic rings.